The van der Waals surface area contributed by atoms with Crippen molar-refractivity contribution in [1.29, 1.82) is 0 Å². The van der Waals surface area contributed by atoms with E-state index in [1.54, 1.807) is 7.11 Å². The lowest BCUT2D eigenvalue weighted by Crippen LogP contribution is -2.45. The molecule has 5 rings (SSSR count). The van der Waals surface area contributed by atoms with E-state index in [-0.39, 0.29) is 24.8 Å². The average Bonchev–Trinajstić information content (AvgIpc) is 3.23. The summed E-state index contributed by atoms with van der Waals surface area (Å²) in [6.45, 7) is 1.85. The Hall–Kier alpha value is -2.50. The molecular formula is C28H33Cl2N3O. The fourth-order valence-corrected chi connectivity index (χ4v) is 4.92. The first-order chi connectivity index (χ1) is 15.7. The molecule has 1 aliphatic heterocycles. The van der Waals surface area contributed by atoms with Crippen LogP contribution in [0.15, 0.2) is 79.0 Å². The van der Waals surface area contributed by atoms with Gasteiger partial charge < -0.3 is 19.9 Å². The minimum atomic E-state index is 0. The van der Waals surface area contributed by atoms with Gasteiger partial charge in [-0.1, -0.05) is 42.5 Å². The predicted octanol–water partition coefficient (Wildman–Crippen LogP) is 6.28. The SMILES string of the molecule is COc1ccc(-c2ccc3c(ccn3C)c2)cc1CNC1CCCNC1c1ccccc1.Cl.Cl. The van der Waals surface area contributed by atoms with Crippen LogP contribution in [0.4, 0.5) is 0 Å². The van der Waals surface area contributed by atoms with Crippen LogP contribution in [0.25, 0.3) is 22.0 Å². The van der Waals surface area contributed by atoms with Crippen molar-refractivity contribution in [3.05, 3.63) is 90.1 Å². The normalized spacial score (nSPS) is 17.6. The Morgan fingerprint density at radius 3 is 2.53 bits per heavy atom. The van der Waals surface area contributed by atoms with Crippen molar-refractivity contribution in [2.45, 2.75) is 31.5 Å². The Morgan fingerprint density at radius 2 is 1.74 bits per heavy atom. The van der Waals surface area contributed by atoms with E-state index in [2.05, 4.69) is 101 Å². The molecule has 1 aromatic heterocycles. The Morgan fingerprint density at radius 1 is 0.971 bits per heavy atom. The summed E-state index contributed by atoms with van der Waals surface area (Å²) in [7, 11) is 3.84. The van der Waals surface area contributed by atoms with Crippen LogP contribution in [-0.2, 0) is 13.6 Å². The number of halogens is 2. The largest absolute Gasteiger partial charge is 0.496 e. The second-order valence-corrected chi connectivity index (χ2v) is 8.70. The van der Waals surface area contributed by atoms with Gasteiger partial charge in [-0.15, -0.1) is 24.8 Å². The van der Waals surface area contributed by atoms with Gasteiger partial charge >= 0.3 is 0 Å². The van der Waals surface area contributed by atoms with Crippen molar-refractivity contribution in [3.63, 3.8) is 0 Å². The molecule has 0 amide bonds. The number of benzene rings is 3. The number of ether oxygens (including phenoxy) is 1. The molecule has 6 heteroatoms. The maximum Gasteiger partial charge on any atom is 0.123 e. The summed E-state index contributed by atoms with van der Waals surface area (Å²) in [6, 6.07) is 26.9. The number of methoxy groups -OCH3 is 1. The van der Waals surface area contributed by atoms with E-state index in [0.717, 1.165) is 18.8 Å². The van der Waals surface area contributed by atoms with Crippen LogP contribution < -0.4 is 15.4 Å². The van der Waals surface area contributed by atoms with Crippen molar-refractivity contribution in [2.75, 3.05) is 13.7 Å². The molecular weight excluding hydrogens is 465 g/mol. The maximum absolute atomic E-state index is 5.70. The van der Waals surface area contributed by atoms with Gasteiger partial charge in [0.2, 0.25) is 0 Å². The minimum absolute atomic E-state index is 0. The second-order valence-electron chi connectivity index (χ2n) is 8.70. The number of aryl methyl sites for hydroxylation is 1. The van der Waals surface area contributed by atoms with Gasteiger partial charge in [0.25, 0.3) is 0 Å². The number of nitrogens with one attached hydrogen (secondary N) is 2. The van der Waals surface area contributed by atoms with E-state index in [9.17, 15) is 0 Å². The summed E-state index contributed by atoms with van der Waals surface area (Å²) >= 11 is 0. The number of piperidine rings is 1. The summed E-state index contributed by atoms with van der Waals surface area (Å²) in [4.78, 5) is 0. The summed E-state index contributed by atoms with van der Waals surface area (Å²) < 4.78 is 7.86. The molecule has 0 saturated carbocycles. The number of aromatic nitrogens is 1. The maximum atomic E-state index is 5.70. The molecule has 4 nitrogen and oxygen atoms in total. The van der Waals surface area contributed by atoms with Crippen LogP contribution in [0.3, 0.4) is 0 Å². The molecule has 4 aromatic rings. The molecule has 1 fully saturated rings. The lowest BCUT2D eigenvalue weighted by molar-refractivity contribution is 0.303. The third kappa shape index (κ3) is 5.42. The highest BCUT2D eigenvalue weighted by atomic mass is 35.5. The third-order valence-corrected chi connectivity index (χ3v) is 6.67. The van der Waals surface area contributed by atoms with E-state index in [1.165, 1.54) is 46.0 Å². The van der Waals surface area contributed by atoms with E-state index in [4.69, 9.17) is 4.74 Å². The second kappa shape index (κ2) is 11.8. The van der Waals surface area contributed by atoms with E-state index < -0.39 is 0 Å². The van der Waals surface area contributed by atoms with Gasteiger partial charge in [-0.3, -0.25) is 0 Å². The van der Waals surface area contributed by atoms with Crippen molar-refractivity contribution in [1.82, 2.24) is 15.2 Å². The van der Waals surface area contributed by atoms with E-state index in [0.29, 0.717) is 12.1 Å². The zero-order valence-electron chi connectivity index (χ0n) is 19.7. The van der Waals surface area contributed by atoms with E-state index >= 15 is 0 Å². The quantitative estimate of drug-likeness (QED) is 0.329. The van der Waals surface area contributed by atoms with Gasteiger partial charge in [0, 0.05) is 48.3 Å². The average molecular weight is 498 g/mol. The van der Waals surface area contributed by atoms with Crippen LogP contribution in [0.1, 0.15) is 30.0 Å². The van der Waals surface area contributed by atoms with Crippen LogP contribution in [0.2, 0.25) is 0 Å². The Kier molecular flexibility index (Phi) is 9.03. The first kappa shape index (κ1) is 26.1. The van der Waals surface area contributed by atoms with Gasteiger partial charge in [0.1, 0.15) is 5.75 Å². The molecule has 1 aliphatic rings. The number of rotatable bonds is 6. The highest BCUT2D eigenvalue weighted by molar-refractivity contribution is 5.86. The number of hydrogen-bond acceptors (Lipinski definition) is 3. The van der Waals surface area contributed by atoms with Gasteiger partial charge in [-0.25, -0.2) is 0 Å². The molecule has 2 unspecified atom stereocenters. The number of nitrogens with zero attached hydrogens (tertiary/aromatic N) is 1. The van der Waals surface area contributed by atoms with Crippen LogP contribution in [-0.4, -0.2) is 24.3 Å². The van der Waals surface area contributed by atoms with Crippen LogP contribution >= 0.6 is 24.8 Å². The third-order valence-electron chi connectivity index (χ3n) is 6.67. The highest BCUT2D eigenvalue weighted by Crippen LogP contribution is 2.30. The van der Waals surface area contributed by atoms with Crippen molar-refractivity contribution in [2.24, 2.45) is 7.05 Å². The number of fused-ring (bicyclic) bond motifs is 1. The zero-order chi connectivity index (χ0) is 21.9. The first-order valence-corrected chi connectivity index (χ1v) is 11.5. The summed E-state index contributed by atoms with van der Waals surface area (Å²) in [5.41, 5.74) is 6.24. The lowest BCUT2D eigenvalue weighted by atomic mass is 9.92. The Balaban J connectivity index is 0.00000162. The topological polar surface area (TPSA) is 38.2 Å². The summed E-state index contributed by atoms with van der Waals surface area (Å²) in [6.07, 6.45) is 4.47. The minimum Gasteiger partial charge on any atom is -0.496 e. The molecule has 1 saturated heterocycles. The predicted molar refractivity (Wildman–Crippen MR) is 146 cm³/mol. The molecule has 2 heterocycles. The zero-order valence-corrected chi connectivity index (χ0v) is 21.3. The van der Waals surface area contributed by atoms with Gasteiger partial charge in [0.05, 0.1) is 7.11 Å². The number of hydrogen-bond donors (Lipinski definition) is 2. The van der Waals surface area contributed by atoms with Gasteiger partial charge in [-0.2, -0.15) is 0 Å². The monoisotopic (exact) mass is 497 g/mol. The molecule has 3 aromatic carbocycles. The Bertz CT molecular complexity index is 1210. The van der Waals surface area contributed by atoms with Crippen LogP contribution in [0.5, 0.6) is 5.75 Å². The molecule has 2 N–H and O–H groups in total. The fourth-order valence-electron chi connectivity index (χ4n) is 4.92. The molecule has 0 radical (unpaired) electrons. The lowest BCUT2D eigenvalue weighted by Gasteiger charge is -2.34. The summed E-state index contributed by atoms with van der Waals surface area (Å²) in [5, 5.41) is 8.80. The van der Waals surface area contributed by atoms with Gasteiger partial charge in [0.15, 0.2) is 0 Å². The van der Waals surface area contributed by atoms with Crippen molar-refractivity contribution >= 4 is 35.7 Å². The summed E-state index contributed by atoms with van der Waals surface area (Å²) in [5.74, 6) is 0.932. The van der Waals surface area contributed by atoms with Crippen molar-refractivity contribution in [3.8, 4) is 16.9 Å². The standard InChI is InChI=1S/C28H31N3O.2ClH/c1-31-16-14-23-17-21(10-12-26(23)31)22-11-13-27(32-2)24(18-22)19-30-25-9-6-15-29-28(25)20-7-4-3-5-8-20;;/h3-5,7-8,10-14,16-18,25,28-30H,6,9,15,19H2,1-2H3;2*1H. The molecule has 180 valence electrons. The Labute approximate surface area is 214 Å². The highest BCUT2D eigenvalue weighted by Gasteiger charge is 2.25. The molecule has 0 aliphatic carbocycles. The molecule has 34 heavy (non-hydrogen) atoms. The first-order valence-electron chi connectivity index (χ1n) is 11.5. The molecule has 0 bridgehead atoms. The van der Waals surface area contributed by atoms with Gasteiger partial charge in [-0.05, 0) is 66.4 Å². The van der Waals surface area contributed by atoms with Crippen LogP contribution in [0, 0.1) is 0 Å². The van der Waals surface area contributed by atoms with Crippen molar-refractivity contribution < 1.29 is 4.74 Å². The molecule has 2 atom stereocenters. The smallest absolute Gasteiger partial charge is 0.123 e. The van der Waals surface area contributed by atoms with E-state index in [1.807, 2.05) is 0 Å². The fraction of sp³-hybridized carbons (Fsp3) is 0.286. The molecule has 0 spiro atoms.